The number of nitrogens with one attached hydrogen (secondary N) is 1. The van der Waals surface area contributed by atoms with Gasteiger partial charge in [-0.2, -0.15) is 0 Å². The topological polar surface area (TPSA) is 102 Å². The van der Waals surface area contributed by atoms with E-state index in [0.29, 0.717) is 50.2 Å². The second-order valence-corrected chi connectivity index (χ2v) is 12.3. The van der Waals surface area contributed by atoms with Crippen molar-refractivity contribution in [2.45, 2.75) is 123 Å². The third-order valence-electron chi connectivity index (χ3n) is 8.78. The van der Waals surface area contributed by atoms with Crippen molar-refractivity contribution in [2.75, 3.05) is 6.61 Å². The largest absolute Gasteiger partial charge is 0.370 e. The lowest BCUT2D eigenvalue weighted by Gasteiger charge is -2.28. The van der Waals surface area contributed by atoms with Crippen molar-refractivity contribution in [1.29, 1.82) is 0 Å². The van der Waals surface area contributed by atoms with E-state index in [2.05, 4.69) is 10.3 Å². The molecule has 0 unspecified atom stereocenters. The van der Waals surface area contributed by atoms with Gasteiger partial charge in [-0.3, -0.25) is 24.2 Å². The average Bonchev–Trinajstić information content (AvgIpc) is 3.52. The molecule has 0 spiro atoms. The highest BCUT2D eigenvalue weighted by atomic mass is 16.5. The minimum absolute atomic E-state index is 0.0374. The molecule has 214 valence electrons. The molecule has 1 aliphatic heterocycles. The van der Waals surface area contributed by atoms with Crippen LogP contribution in [0.25, 0.3) is 0 Å². The molecular formula is C32H46N2O5. The summed E-state index contributed by atoms with van der Waals surface area (Å²) in [5.41, 5.74) is 3.30. The fourth-order valence-electron chi connectivity index (χ4n) is 6.54. The minimum atomic E-state index is -0.371. The number of carbonyl (C=O) groups excluding carboxylic acids is 4. The maximum atomic E-state index is 13.6. The number of aromatic nitrogens is 1. The van der Waals surface area contributed by atoms with Crippen molar-refractivity contribution in [3.8, 4) is 0 Å². The summed E-state index contributed by atoms with van der Waals surface area (Å²) in [6, 6.07) is 1.76. The Morgan fingerprint density at radius 3 is 2.51 bits per heavy atom. The van der Waals surface area contributed by atoms with E-state index >= 15 is 0 Å². The second-order valence-electron chi connectivity index (χ2n) is 12.3. The highest BCUT2D eigenvalue weighted by molar-refractivity contribution is 5.98. The van der Waals surface area contributed by atoms with Crippen molar-refractivity contribution in [3.63, 3.8) is 0 Å². The lowest BCUT2D eigenvalue weighted by molar-refractivity contribution is -0.134. The molecule has 1 N–H and O–H groups in total. The average molecular weight is 539 g/mol. The lowest BCUT2D eigenvalue weighted by Crippen LogP contribution is -2.42. The zero-order chi connectivity index (χ0) is 27.9. The Labute approximate surface area is 233 Å². The van der Waals surface area contributed by atoms with E-state index < -0.39 is 0 Å². The summed E-state index contributed by atoms with van der Waals surface area (Å²) in [7, 11) is 0. The van der Waals surface area contributed by atoms with Crippen molar-refractivity contribution in [3.05, 3.63) is 28.6 Å². The molecule has 3 aliphatic rings. The van der Waals surface area contributed by atoms with Gasteiger partial charge < -0.3 is 10.1 Å². The van der Waals surface area contributed by atoms with Gasteiger partial charge >= 0.3 is 0 Å². The van der Waals surface area contributed by atoms with Crippen molar-refractivity contribution in [1.82, 2.24) is 10.3 Å². The SMILES string of the molecule is Cc1cc(C)c(C(=O)CCC[C@H](C[C@@H]2CCCCC2=O)NC(=O)[C@@H](CC(=O)[C@H]2CCCO2)CC2CC2)c(C)n1. The number of aryl methyl sites for hydroxylation is 3. The molecule has 0 radical (unpaired) electrons. The zero-order valence-corrected chi connectivity index (χ0v) is 24.1. The van der Waals surface area contributed by atoms with Crippen LogP contribution >= 0.6 is 0 Å². The predicted molar refractivity (Wildman–Crippen MR) is 150 cm³/mol. The number of hydrogen-bond donors (Lipinski definition) is 1. The molecule has 2 aliphatic carbocycles. The minimum Gasteiger partial charge on any atom is -0.370 e. The van der Waals surface area contributed by atoms with Gasteiger partial charge in [-0.1, -0.05) is 19.3 Å². The first-order valence-electron chi connectivity index (χ1n) is 15.2. The number of carbonyl (C=O) groups is 4. The summed E-state index contributed by atoms with van der Waals surface area (Å²) in [4.78, 5) is 56.6. The van der Waals surface area contributed by atoms with E-state index in [-0.39, 0.29) is 53.7 Å². The highest BCUT2D eigenvalue weighted by Crippen LogP contribution is 2.37. The Bertz CT molecular complexity index is 1030. The van der Waals surface area contributed by atoms with Gasteiger partial charge in [-0.15, -0.1) is 0 Å². The standard InChI is InChI=1S/C32H46N2O5/c1-20-16-21(2)33-22(3)31(20)28(36)11-6-9-26(18-24-8-4-5-10-27(24)35)34-32(38)25(17-23-13-14-23)19-29(37)30-12-7-15-39-30/h16,23-26,30H,4-15,17-19H2,1-3H3,(H,34,38)/t24-,25+,26+,30+/m0/s1. The molecule has 0 aromatic carbocycles. The molecule has 1 amide bonds. The van der Waals surface area contributed by atoms with Crippen molar-refractivity contribution in [2.24, 2.45) is 17.8 Å². The molecule has 0 bridgehead atoms. The van der Waals surface area contributed by atoms with E-state index in [1.165, 1.54) is 0 Å². The van der Waals surface area contributed by atoms with Gasteiger partial charge in [0.2, 0.25) is 5.91 Å². The Balaban J connectivity index is 1.40. The monoisotopic (exact) mass is 538 g/mol. The van der Waals surface area contributed by atoms with Crippen LogP contribution in [0.15, 0.2) is 6.07 Å². The van der Waals surface area contributed by atoms with Crippen LogP contribution in [0.2, 0.25) is 0 Å². The maximum Gasteiger partial charge on any atom is 0.223 e. The number of amides is 1. The molecule has 1 aromatic heterocycles. The normalized spacial score (nSPS) is 22.9. The fraction of sp³-hybridized carbons (Fsp3) is 0.719. The van der Waals surface area contributed by atoms with Gasteiger partial charge in [0.05, 0.1) is 0 Å². The number of ketones is 3. The van der Waals surface area contributed by atoms with Crippen LogP contribution in [0.4, 0.5) is 0 Å². The van der Waals surface area contributed by atoms with Gasteiger partial charge in [0.1, 0.15) is 11.9 Å². The zero-order valence-electron chi connectivity index (χ0n) is 24.1. The van der Waals surface area contributed by atoms with E-state index in [0.717, 1.165) is 68.3 Å². The molecule has 39 heavy (non-hydrogen) atoms. The summed E-state index contributed by atoms with van der Waals surface area (Å²) in [5, 5.41) is 3.25. The van der Waals surface area contributed by atoms with Crippen molar-refractivity contribution < 1.29 is 23.9 Å². The van der Waals surface area contributed by atoms with E-state index in [4.69, 9.17) is 4.74 Å². The van der Waals surface area contributed by atoms with E-state index in [1.807, 2.05) is 26.8 Å². The van der Waals surface area contributed by atoms with Crippen LogP contribution in [-0.4, -0.2) is 47.0 Å². The van der Waals surface area contributed by atoms with Crippen LogP contribution in [0, 0.1) is 38.5 Å². The predicted octanol–water partition coefficient (Wildman–Crippen LogP) is 5.55. The molecule has 3 fully saturated rings. The molecule has 1 aromatic rings. The second kappa shape index (κ2) is 13.8. The first kappa shape index (κ1) is 29.6. The number of nitrogens with zero attached hydrogens (tertiary/aromatic N) is 1. The molecule has 7 nitrogen and oxygen atoms in total. The molecule has 4 atom stereocenters. The van der Waals surface area contributed by atoms with Crippen LogP contribution in [0.1, 0.15) is 117 Å². The summed E-state index contributed by atoms with van der Waals surface area (Å²) >= 11 is 0. The molecule has 2 saturated carbocycles. The van der Waals surface area contributed by atoms with Crippen LogP contribution < -0.4 is 5.32 Å². The fourth-order valence-corrected chi connectivity index (χ4v) is 6.54. The number of pyridine rings is 1. The Hall–Kier alpha value is -2.41. The maximum absolute atomic E-state index is 13.6. The lowest BCUT2D eigenvalue weighted by atomic mass is 9.82. The van der Waals surface area contributed by atoms with Crippen molar-refractivity contribution >= 4 is 23.3 Å². The summed E-state index contributed by atoms with van der Waals surface area (Å²) in [6.07, 6.45) is 10.2. The van der Waals surface area contributed by atoms with Gasteiger partial charge in [0.25, 0.3) is 0 Å². The highest BCUT2D eigenvalue weighted by Gasteiger charge is 2.35. The van der Waals surface area contributed by atoms with Crippen LogP contribution in [0.3, 0.4) is 0 Å². The Morgan fingerprint density at radius 1 is 1.05 bits per heavy atom. The van der Waals surface area contributed by atoms with Gasteiger partial charge in [0, 0.05) is 60.7 Å². The Kier molecular flexibility index (Phi) is 10.4. The van der Waals surface area contributed by atoms with Gasteiger partial charge in [0.15, 0.2) is 11.6 Å². The van der Waals surface area contributed by atoms with Gasteiger partial charge in [-0.05, 0) is 89.7 Å². The molecular weight excluding hydrogens is 492 g/mol. The summed E-state index contributed by atoms with van der Waals surface area (Å²) in [5.74, 6) is 0.438. The Morgan fingerprint density at radius 2 is 1.85 bits per heavy atom. The first-order chi connectivity index (χ1) is 18.7. The summed E-state index contributed by atoms with van der Waals surface area (Å²) < 4.78 is 5.59. The smallest absolute Gasteiger partial charge is 0.223 e. The third kappa shape index (κ3) is 8.54. The molecule has 7 heteroatoms. The number of ether oxygens (including phenoxy) is 1. The number of Topliss-reactive ketones (excluding diaryl/α,β-unsaturated/α-hetero) is 3. The molecule has 4 rings (SSSR count). The van der Waals surface area contributed by atoms with E-state index in [9.17, 15) is 19.2 Å². The number of rotatable bonds is 14. The third-order valence-corrected chi connectivity index (χ3v) is 8.78. The van der Waals surface area contributed by atoms with Crippen LogP contribution in [0.5, 0.6) is 0 Å². The van der Waals surface area contributed by atoms with E-state index in [1.54, 1.807) is 0 Å². The molecule has 2 heterocycles. The quantitative estimate of drug-likeness (QED) is 0.312. The first-order valence-corrected chi connectivity index (χ1v) is 15.2. The number of hydrogen-bond acceptors (Lipinski definition) is 6. The van der Waals surface area contributed by atoms with Gasteiger partial charge in [-0.25, -0.2) is 0 Å². The van der Waals surface area contributed by atoms with Crippen LogP contribution in [-0.2, 0) is 19.1 Å². The summed E-state index contributed by atoms with van der Waals surface area (Å²) in [6.45, 7) is 6.37. The molecule has 1 saturated heterocycles.